The minimum Gasteiger partial charge on any atom is -0.508 e. The van der Waals surface area contributed by atoms with Gasteiger partial charge in [-0.1, -0.05) is 28.1 Å². The summed E-state index contributed by atoms with van der Waals surface area (Å²) in [7, 11) is 0. The second-order valence-corrected chi connectivity index (χ2v) is 6.91. The van der Waals surface area contributed by atoms with Gasteiger partial charge in [-0.15, -0.1) is 0 Å². The molecule has 0 saturated carbocycles. The van der Waals surface area contributed by atoms with E-state index in [4.69, 9.17) is 12.2 Å². The van der Waals surface area contributed by atoms with Gasteiger partial charge >= 0.3 is 0 Å². The highest BCUT2D eigenvalue weighted by molar-refractivity contribution is 9.10. The Kier molecular flexibility index (Phi) is 3.43. The van der Waals surface area contributed by atoms with Crippen molar-refractivity contribution in [3.63, 3.8) is 0 Å². The summed E-state index contributed by atoms with van der Waals surface area (Å²) in [5, 5.41) is 23.2. The molecule has 0 amide bonds. The van der Waals surface area contributed by atoms with E-state index >= 15 is 0 Å². The van der Waals surface area contributed by atoms with Crippen LogP contribution in [0.1, 0.15) is 27.5 Å². The average molecular weight is 403 g/mol. The van der Waals surface area contributed by atoms with E-state index in [2.05, 4.69) is 26.2 Å². The molecule has 3 N–H and O–H groups in total. The summed E-state index contributed by atoms with van der Waals surface area (Å²) < 4.78 is 0.745. The number of ketones is 1. The summed E-state index contributed by atoms with van der Waals surface area (Å²) in [5.74, 6) is -0.791. The van der Waals surface area contributed by atoms with Gasteiger partial charge in [0.1, 0.15) is 11.5 Å². The average Bonchev–Trinajstić information content (AvgIpc) is 2.83. The Labute approximate surface area is 151 Å². The number of carbonyl (C=O) groups excluding carboxylic acids is 1. The number of halogens is 1. The zero-order valence-electron chi connectivity index (χ0n) is 12.2. The minimum atomic E-state index is -0.613. The molecule has 1 aliphatic heterocycles. The first-order valence-electron chi connectivity index (χ1n) is 7.21. The Morgan fingerprint density at radius 3 is 2.79 bits per heavy atom. The first kappa shape index (κ1) is 15.3. The fraction of sp³-hybridized carbons (Fsp3) is 0.118. The lowest BCUT2D eigenvalue weighted by molar-refractivity contribution is 0.0942. The van der Waals surface area contributed by atoms with Crippen LogP contribution in [0.5, 0.6) is 11.5 Å². The number of benzene rings is 2. The SMILES string of the molecule is O=C1c2c(O)cccc2C2=NC(=S)NC(c3cc(O)ccc3Br)C12. The standard InChI is InChI=1S/C17H11BrN2O3S/c18-10-5-4-7(21)6-9(10)15-13-14(19-17(24)20-15)8-2-1-3-11(22)12(8)16(13)23/h1-6,13,15,21-22H,(H,20,24). The molecule has 4 rings (SSSR count). The van der Waals surface area contributed by atoms with Gasteiger partial charge < -0.3 is 15.5 Å². The first-order valence-corrected chi connectivity index (χ1v) is 8.41. The van der Waals surface area contributed by atoms with E-state index in [1.165, 1.54) is 6.07 Å². The van der Waals surface area contributed by atoms with Crippen LogP contribution in [0.25, 0.3) is 0 Å². The summed E-state index contributed by atoms with van der Waals surface area (Å²) in [6, 6.07) is 9.30. The number of rotatable bonds is 1. The molecule has 2 aromatic carbocycles. The molecule has 1 aliphatic carbocycles. The molecule has 0 bridgehead atoms. The number of nitrogens with one attached hydrogen (secondary N) is 1. The Bertz CT molecular complexity index is 941. The van der Waals surface area contributed by atoms with Gasteiger partial charge in [0, 0.05) is 10.0 Å². The summed E-state index contributed by atoms with van der Waals surface area (Å²) in [4.78, 5) is 17.3. The normalized spacial score (nSPS) is 21.8. The lowest BCUT2D eigenvalue weighted by Gasteiger charge is -2.29. The molecule has 0 saturated heterocycles. The quantitative estimate of drug-likeness (QED) is 0.638. The van der Waals surface area contributed by atoms with Crippen molar-refractivity contribution in [2.24, 2.45) is 10.9 Å². The number of aliphatic imine (C=N–C) groups is 1. The molecule has 0 radical (unpaired) electrons. The van der Waals surface area contributed by atoms with Crippen LogP contribution in [0.15, 0.2) is 45.9 Å². The molecule has 2 atom stereocenters. The number of nitrogens with zero attached hydrogens (tertiary/aromatic N) is 1. The van der Waals surface area contributed by atoms with Crippen LogP contribution in [0, 0.1) is 5.92 Å². The van der Waals surface area contributed by atoms with Gasteiger partial charge in [0.05, 0.1) is 23.2 Å². The van der Waals surface area contributed by atoms with Crippen LogP contribution in [0.4, 0.5) is 0 Å². The molecule has 120 valence electrons. The van der Waals surface area contributed by atoms with Gasteiger partial charge in [0.25, 0.3) is 0 Å². The number of hydrogen-bond donors (Lipinski definition) is 3. The second kappa shape index (κ2) is 5.39. The van der Waals surface area contributed by atoms with Crippen LogP contribution >= 0.6 is 28.1 Å². The lowest BCUT2D eigenvalue weighted by atomic mass is 9.87. The van der Waals surface area contributed by atoms with Crippen LogP contribution in [0.2, 0.25) is 0 Å². The van der Waals surface area contributed by atoms with Crippen molar-refractivity contribution in [2.45, 2.75) is 6.04 Å². The predicted octanol–water partition coefficient (Wildman–Crippen LogP) is 3.09. The molecular weight excluding hydrogens is 392 g/mol. The smallest absolute Gasteiger partial charge is 0.193 e. The second-order valence-electron chi connectivity index (χ2n) is 5.67. The van der Waals surface area contributed by atoms with Crippen molar-refractivity contribution in [1.82, 2.24) is 5.32 Å². The zero-order chi connectivity index (χ0) is 17.0. The Hall–Kier alpha value is -2.25. The van der Waals surface area contributed by atoms with Crippen LogP contribution in [0.3, 0.4) is 0 Å². The van der Waals surface area contributed by atoms with Crippen molar-refractivity contribution in [2.75, 3.05) is 0 Å². The van der Waals surface area contributed by atoms with Crippen LogP contribution in [-0.4, -0.2) is 26.8 Å². The molecular formula is C17H11BrN2O3S. The van der Waals surface area contributed by atoms with Gasteiger partial charge in [-0.2, -0.15) is 0 Å². The van der Waals surface area contributed by atoms with Crippen molar-refractivity contribution in [3.8, 4) is 11.5 Å². The van der Waals surface area contributed by atoms with Crippen molar-refractivity contribution in [1.29, 1.82) is 0 Å². The molecule has 0 fully saturated rings. The maximum Gasteiger partial charge on any atom is 0.193 e. The molecule has 0 aromatic heterocycles. The lowest BCUT2D eigenvalue weighted by Crippen LogP contribution is -2.41. The van der Waals surface area contributed by atoms with Crippen LogP contribution in [-0.2, 0) is 0 Å². The zero-order valence-corrected chi connectivity index (χ0v) is 14.6. The fourth-order valence-electron chi connectivity index (χ4n) is 3.28. The van der Waals surface area contributed by atoms with Gasteiger partial charge in [-0.3, -0.25) is 4.79 Å². The third-order valence-corrected chi connectivity index (χ3v) is 5.22. The summed E-state index contributed by atoms with van der Waals surface area (Å²) >= 11 is 8.69. The Morgan fingerprint density at radius 1 is 1.21 bits per heavy atom. The van der Waals surface area contributed by atoms with E-state index in [0.29, 0.717) is 16.8 Å². The van der Waals surface area contributed by atoms with E-state index < -0.39 is 12.0 Å². The number of Topliss-reactive ketones (excluding diaryl/α,β-unsaturated/α-hetero) is 1. The van der Waals surface area contributed by atoms with Crippen molar-refractivity contribution < 1.29 is 15.0 Å². The minimum absolute atomic E-state index is 0.0609. The van der Waals surface area contributed by atoms with Gasteiger partial charge in [-0.05, 0) is 42.0 Å². The predicted molar refractivity (Wildman–Crippen MR) is 96.7 cm³/mol. The van der Waals surface area contributed by atoms with Gasteiger partial charge in [-0.25, -0.2) is 4.99 Å². The highest BCUT2D eigenvalue weighted by atomic mass is 79.9. The van der Waals surface area contributed by atoms with Crippen molar-refractivity contribution >= 4 is 44.8 Å². The number of thiocarbonyl (C=S) groups is 1. The monoisotopic (exact) mass is 402 g/mol. The molecule has 24 heavy (non-hydrogen) atoms. The highest BCUT2D eigenvalue weighted by Gasteiger charge is 2.46. The molecule has 2 aromatic rings. The number of hydrogen-bond acceptors (Lipinski definition) is 4. The summed E-state index contributed by atoms with van der Waals surface area (Å²) in [5.41, 5.74) is 2.13. The summed E-state index contributed by atoms with van der Waals surface area (Å²) in [6.45, 7) is 0. The fourth-order valence-corrected chi connectivity index (χ4v) is 4.00. The maximum absolute atomic E-state index is 12.9. The van der Waals surface area contributed by atoms with E-state index in [1.54, 1.807) is 30.3 Å². The number of aromatic hydroxyl groups is 2. The van der Waals surface area contributed by atoms with E-state index in [0.717, 1.165) is 4.47 Å². The van der Waals surface area contributed by atoms with E-state index in [1.807, 2.05) is 0 Å². The van der Waals surface area contributed by atoms with E-state index in [9.17, 15) is 15.0 Å². The third-order valence-electron chi connectivity index (χ3n) is 4.29. The molecule has 2 unspecified atom stereocenters. The van der Waals surface area contributed by atoms with Gasteiger partial charge in [0.2, 0.25) is 0 Å². The van der Waals surface area contributed by atoms with E-state index in [-0.39, 0.29) is 28.0 Å². The Morgan fingerprint density at radius 2 is 2.00 bits per heavy atom. The molecule has 1 heterocycles. The Balaban J connectivity index is 1.91. The largest absolute Gasteiger partial charge is 0.508 e. The van der Waals surface area contributed by atoms with Crippen LogP contribution < -0.4 is 5.32 Å². The van der Waals surface area contributed by atoms with Gasteiger partial charge in [0.15, 0.2) is 10.9 Å². The molecule has 5 nitrogen and oxygen atoms in total. The number of phenols is 2. The van der Waals surface area contributed by atoms with Crippen molar-refractivity contribution in [3.05, 3.63) is 57.6 Å². The molecule has 2 aliphatic rings. The summed E-state index contributed by atoms with van der Waals surface area (Å²) in [6.07, 6.45) is 0. The number of fused-ring (bicyclic) bond motifs is 3. The topological polar surface area (TPSA) is 81.9 Å². The highest BCUT2D eigenvalue weighted by Crippen LogP contribution is 2.43. The maximum atomic E-state index is 12.9. The third kappa shape index (κ3) is 2.16. The molecule has 0 spiro atoms. The molecule has 7 heteroatoms. The number of carbonyl (C=O) groups is 1. The number of phenolic OH excluding ortho intramolecular Hbond substituents is 2. The first-order chi connectivity index (χ1) is 11.5.